The van der Waals surface area contributed by atoms with E-state index in [1.54, 1.807) is 0 Å². The van der Waals surface area contributed by atoms with Crippen molar-refractivity contribution < 1.29 is 33.3 Å². The Balaban J connectivity index is 2.43. The van der Waals surface area contributed by atoms with Crippen LogP contribution in [-0.2, 0) is 10.0 Å². The van der Waals surface area contributed by atoms with E-state index in [9.17, 15) is 23.4 Å². The number of carboxylic acids is 1. The number of sulfonamides is 1. The van der Waals surface area contributed by atoms with Crippen molar-refractivity contribution in [1.29, 1.82) is 0 Å². The number of aromatic carboxylic acids is 1. The van der Waals surface area contributed by atoms with E-state index >= 15 is 0 Å². The van der Waals surface area contributed by atoms with Crippen molar-refractivity contribution in [2.45, 2.75) is 17.1 Å². The number of aliphatic hydroxyl groups is 2. The topological polar surface area (TPSA) is 124 Å². The molecule has 1 aliphatic rings. The van der Waals surface area contributed by atoms with Crippen LogP contribution in [0.15, 0.2) is 23.1 Å². The molecule has 2 rings (SSSR count). The summed E-state index contributed by atoms with van der Waals surface area (Å²) in [5.41, 5.74) is -0.104. The lowest BCUT2D eigenvalue weighted by molar-refractivity contribution is 0.0572. The molecule has 116 valence electrons. The predicted molar refractivity (Wildman–Crippen MR) is 70.7 cm³/mol. The Hall–Kier alpha value is -1.68. The summed E-state index contributed by atoms with van der Waals surface area (Å²) in [5, 5.41) is 27.8. The summed E-state index contributed by atoms with van der Waals surface area (Å²) < 4.78 is 30.8. The Morgan fingerprint density at radius 3 is 2.33 bits per heavy atom. The van der Waals surface area contributed by atoms with Crippen molar-refractivity contribution in [1.82, 2.24) is 4.31 Å². The molecule has 2 atom stereocenters. The molecule has 1 heterocycles. The number of benzene rings is 1. The standard InChI is InChI=1S/C12H15NO7S/c1-20-10-4-7(12(16)17)2-3-11(10)21(18,19)13-5-8(14)9(15)6-13/h2-4,8-9,14-15H,5-6H2,1H3,(H,16,17)/t8-,9+. The largest absolute Gasteiger partial charge is 0.495 e. The minimum absolute atomic E-state index is 0.104. The Morgan fingerprint density at radius 1 is 1.29 bits per heavy atom. The van der Waals surface area contributed by atoms with Crippen LogP contribution in [0.5, 0.6) is 5.75 Å². The third kappa shape index (κ3) is 2.86. The van der Waals surface area contributed by atoms with Gasteiger partial charge in [0.25, 0.3) is 0 Å². The van der Waals surface area contributed by atoms with Crippen LogP contribution in [0.3, 0.4) is 0 Å². The molecule has 0 spiro atoms. The lowest BCUT2D eigenvalue weighted by atomic mass is 10.2. The van der Waals surface area contributed by atoms with Crippen LogP contribution in [0, 0.1) is 0 Å². The lowest BCUT2D eigenvalue weighted by Gasteiger charge is -2.17. The van der Waals surface area contributed by atoms with Crippen molar-refractivity contribution in [3.63, 3.8) is 0 Å². The van der Waals surface area contributed by atoms with Gasteiger partial charge in [0.15, 0.2) is 0 Å². The highest BCUT2D eigenvalue weighted by Gasteiger charge is 2.38. The number of β-amino-alcohol motifs (C(OH)–C–C–N with tert-alkyl or cyclic N) is 2. The van der Waals surface area contributed by atoms with Gasteiger partial charge in [0, 0.05) is 13.1 Å². The molecule has 0 saturated carbocycles. The molecule has 1 saturated heterocycles. The maximum atomic E-state index is 12.5. The molecule has 1 fully saturated rings. The molecule has 0 unspecified atom stereocenters. The summed E-state index contributed by atoms with van der Waals surface area (Å²) in [4.78, 5) is 10.7. The highest BCUT2D eigenvalue weighted by molar-refractivity contribution is 7.89. The van der Waals surface area contributed by atoms with Gasteiger partial charge >= 0.3 is 5.97 Å². The van der Waals surface area contributed by atoms with Gasteiger partial charge in [-0.2, -0.15) is 4.31 Å². The molecule has 1 aromatic carbocycles. The summed E-state index contributed by atoms with van der Waals surface area (Å²) >= 11 is 0. The van der Waals surface area contributed by atoms with Gasteiger partial charge in [-0.25, -0.2) is 13.2 Å². The molecule has 0 bridgehead atoms. The molecular formula is C12H15NO7S. The first-order valence-corrected chi connectivity index (χ1v) is 7.49. The predicted octanol–water partition coefficient (Wildman–Crippen LogP) is -0.881. The van der Waals surface area contributed by atoms with Crippen molar-refractivity contribution >= 4 is 16.0 Å². The van der Waals surface area contributed by atoms with Crippen LogP contribution in [0.4, 0.5) is 0 Å². The minimum atomic E-state index is -3.99. The van der Waals surface area contributed by atoms with E-state index in [1.807, 2.05) is 0 Å². The third-order valence-electron chi connectivity index (χ3n) is 3.25. The van der Waals surface area contributed by atoms with Gasteiger partial charge in [0.05, 0.1) is 24.9 Å². The van der Waals surface area contributed by atoms with Crippen LogP contribution in [-0.4, -0.2) is 66.4 Å². The molecule has 1 aromatic rings. The molecular weight excluding hydrogens is 302 g/mol. The summed E-state index contributed by atoms with van der Waals surface area (Å²) in [6, 6.07) is 3.40. The number of methoxy groups -OCH3 is 1. The summed E-state index contributed by atoms with van der Waals surface area (Å²) in [6.07, 6.45) is -2.30. The normalized spacial score (nSPS) is 23.2. The van der Waals surface area contributed by atoms with Crippen molar-refractivity contribution in [2.24, 2.45) is 0 Å². The summed E-state index contributed by atoms with van der Waals surface area (Å²) in [5.74, 6) is -1.31. The Labute approximate surface area is 121 Å². The highest BCUT2D eigenvalue weighted by Crippen LogP contribution is 2.30. The van der Waals surface area contributed by atoms with E-state index in [0.29, 0.717) is 0 Å². The number of hydrogen-bond acceptors (Lipinski definition) is 6. The minimum Gasteiger partial charge on any atom is -0.495 e. The van der Waals surface area contributed by atoms with Gasteiger partial charge in [0.2, 0.25) is 10.0 Å². The Morgan fingerprint density at radius 2 is 1.86 bits per heavy atom. The smallest absolute Gasteiger partial charge is 0.335 e. The van der Waals surface area contributed by atoms with Gasteiger partial charge in [-0.05, 0) is 18.2 Å². The molecule has 0 radical (unpaired) electrons. The third-order valence-corrected chi connectivity index (χ3v) is 5.13. The number of aliphatic hydroxyl groups excluding tert-OH is 2. The van der Waals surface area contributed by atoms with Crippen LogP contribution in [0.25, 0.3) is 0 Å². The van der Waals surface area contributed by atoms with Crippen molar-refractivity contribution in [2.75, 3.05) is 20.2 Å². The first kappa shape index (κ1) is 15.7. The zero-order chi connectivity index (χ0) is 15.8. The SMILES string of the molecule is COc1cc(C(=O)O)ccc1S(=O)(=O)N1C[C@@H](O)[C@@H](O)C1. The van der Waals surface area contributed by atoms with E-state index in [1.165, 1.54) is 7.11 Å². The number of hydrogen-bond donors (Lipinski definition) is 3. The molecule has 3 N–H and O–H groups in total. The van der Waals surface area contributed by atoms with Crippen molar-refractivity contribution in [3.05, 3.63) is 23.8 Å². The fourth-order valence-corrected chi connectivity index (χ4v) is 3.70. The monoisotopic (exact) mass is 317 g/mol. The van der Waals surface area contributed by atoms with Crippen LogP contribution < -0.4 is 4.74 Å². The molecule has 8 nitrogen and oxygen atoms in total. The van der Waals surface area contributed by atoms with Gasteiger partial charge in [-0.3, -0.25) is 0 Å². The van der Waals surface area contributed by atoms with E-state index < -0.39 is 28.2 Å². The quantitative estimate of drug-likeness (QED) is 0.658. The highest BCUT2D eigenvalue weighted by atomic mass is 32.2. The number of ether oxygens (including phenoxy) is 1. The summed E-state index contributed by atoms with van der Waals surface area (Å²) in [7, 11) is -2.76. The average molecular weight is 317 g/mol. The molecule has 0 aromatic heterocycles. The zero-order valence-corrected chi connectivity index (χ0v) is 11.9. The second-order valence-electron chi connectivity index (χ2n) is 4.63. The fourth-order valence-electron chi connectivity index (χ4n) is 2.08. The second-order valence-corrected chi connectivity index (χ2v) is 6.53. The van der Waals surface area contributed by atoms with Crippen LogP contribution in [0.1, 0.15) is 10.4 Å². The van der Waals surface area contributed by atoms with Gasteiger partial charge < -0.3 is 20.1 Å². The van der Waals surface area contributed by atoms with E-state index in [-0.39, 0.29) is 29.3 Å². The summed E-state index contributed by atoms with van der Waals surface area (Å²) in [6.45, 7) is -0.458. The van der Waals surface area contributed by atoms with E-state index in [2.05, 4.69) is 0 Å². The van der Waals surface area contributed by atoms with Gasteiger partial charge in [-0.1, -0.05) is 0 Å². The van der Waals surface area contributed by atoms with Crippen LogP contribution in [0.2, 0.25) is 0 Å². The maximum Gasteiger partial charge on any atom is 0.335 e. The number of carbonyl (C=O) groups is 1. The van der Waals surface area contributed by atoms with E-state index in [4.69, 9.17) is 9.84 Å². The first-order chi connectivity index (χ1) is 9.77. The molecule has 21 heavy (non-hydrogen) atoms. The molecule has 0 amide bonds. The average Bonchev–Trinajstić information content (AvgIpc) is 2.78. The zero-order valence-electron chi connectivity index (χ0n) is 11.1. The van der Waals surface area contributed by atoms with Crippen molar-refractivity contribution in [3.8, 4) is 5.75 Å². The second kappa shape index (κ2) is 5.60. The molecule has 0 aliphatic carbocycles. The number of nitrogens with zero attached hydrogens (tertiary/aromatic N) is 1. The molecule has 9 heteroatoms. The van der Waals surface area contributed by atoms with Gasteiger partial charge in [0.1, 0.15) is 10.6 Å². The maximum absolute atomic E-state index is 12.5. The number of carboxylic acid groups (broad SMARTS) is 1. The Kier molecular flexibility index (Phi) is 4.19. The van der Waals surface area contributed by atoms with E-state index in [0.717, 1.165) is 22.5 Å². The fraction of sp³-hybridized carbons (Fsp3) is 0.417. The van der Waals surface area contributed by atoms with Gasteiger partial charge in [-0.15, -0.1) is 0 Å². The van der Waals surface area contributed by atoms with Crippen LogP contribution >= 0.6 is 0 Å². The first-order valence-electron chi connectivity index (χ1n) is 6.05. The lowest BCUT2D eigenvalue weighted by Crippen LogP contribution is -2.30. The Bertz CT molecular complexity index is 648. The molecule has 1 aliphatic heterocycles. The number of rotatable bonds is 4.